The predicted octanol–water partition coefficient (Wildman–Crippen LogP) is 4.36. The molecule has 2 aromatic carbocycles. The lowest BCUT2D eigenvalue weighted by molar-refractivity contribution is -0.116. The van der Waals surface area contributed by atoms with Crippen molar-refractivity contribution in [2.24, 2.45) is 0 Å². The minimum atomic E-state index is -0.103. The first kappa shape index (κ1) is 18.1. The van der Waals surface area contributed by atoms with Crippen LogP contribution < -0.4 is 10.9 Å². The Labute approximate surface area is 172 Å². The van der Waals surface area contributed by atoms with Crippen LogP contribution in [0.2, 0.25) is 0 Å². The van der Waals surface area contributed by atoms with Crippen LogP contribution >= 0.6 is 11.3 Å². The molecule has 0 fully saturated rings. The number of aryl methyl sites for hydroxylation is 5. The number of fused-ring (bicyclic) bond motifs is 1. The summed E-state index contributed by atoms with van der Waals surface area (Å²) in [5.74, 6) is -0.103. The van der Waals surface area contributed by atoms with E-state index in [1.165, 1.54) is 32.4 Å². The molecule has 2 heterocycles. The van der Waals surface area contributed by atoms with Crippen molar-refractivity contribution in [3.05, 3.63) is 68.6 Å². The van der Waals surface area contributed by atoms with E-state index < -0.39 is 0 Å². The molecule has 1 aliphatic carbocycles. The van der Waals surface area contributed by atoms with E-state index >= 15 is 0 Å². The molecule has 0 spiro atoms. The van der Waals surface area contributed by atoms with Gasteiger partial charge in [0.05, 0.1) is 11.7 Å². The van der Waals surface area contributed by atoms with Gasteiger partial charge in [-0.2, -0.15) is 0 Å². The number of carbonyl (C=O) groups excluding carboxylic acids is 1. The van der Waals surface area contributed by atoms with Crippen molar-refractivity contribution in [3.8, 4) is 0 Å². The summed E-state index contributed by atoms with van der Waals surface area (Å²) in [6, 6.07) is 10.4. The molecule has 1 aliphatic rings. The van der Waals surface area contributed by atoms with E-state index in [1.54, 1.807) is 6.33 Å². The maximum atomic E-state index is 12.8. The lowest BCUT2D eigenvalue weighted by Gasteiger charge is -2.11. The summed E-state index contributed by atoms with van der Waals surface area (Å²) in [6.07, 6.45) is 3.89. The van der Waals surface area contributed by atoms with Crippen LogP contribution in [0.4, 0.5) is 5.69 Å². The monoisotopic (exact) mass is 403 g/mol. The van der Waals surface area contributed by atoms with E-state index in [1.807, 2.05) is 26.0 Å². The number of nitrogens with zero attached hydrogens (tertiary/aromatic N) is 2. The van der Waals surface area contributed by atoms with E-state index in [4.69, 9.17) is 0 Å². The Morgan fingerprint density at radius 2 is 1.93 bits per heavy atom. The number of thiophene rings is 1. The summed E-state index contributed by atoms with van der Waals surface area (Å²) in [5.41, 5.74) is 4.44. The van der Waals surface area contributed by atoms with Crippen LogP contribution in [0.5, 0.6) is 0 Å². The zero-order chi connectivity index (χ0) is 20.1. The molecule has 0 bridgehead atoms. The normalized spacial score (nSPS) is 12.8. The molecule has 2 aromatic heterocycles. The van der Waals surface area contributed by atoms with Crippen molar-refractivity contribution in [1.82, 2.24) is 9.55 Å². The Bertz CT molecular complexity index is 1340. The van der Waals surface area contributed by atoms with Gasteiger partial charge in [0.25, 0.3) is 5.56 Å². The molecule has 0 radical (unpaired) electrons. The second-order valence-corrected chi connectivity index (χ2v) is 8.82. The van der Waals surface area contributed by atoms with E-state index in [0.29, 0.717) is 11.9 Å². The molecule has 146 valence electrons. The topological polar surface area (TPSA) is 64.0 Å². The maximum absolute atomic E-state index is 12.8. The molecular weight excluding hydrogens is 382 g/mol. The van der Waals surface area contributed by atoms with Crippen LogP contribution in [0.15, 0.2) is 41.5 Å². The largest absolute Gasteiger partial charge is 0.325 e. The fourth-order valence-electron chi connectivity index (χ4n) is 4.22. The van der Waals surface area contributed by atoms with Crippen LogP contribution in [-0.2, 0) is 24.2 Å². The lowest BCUT2D eigenvalue weighted by Crippen LogP contribution is -2.23. The average Bonchev–Trinajstić information content (AvgIpc) is 3.26. The Morgan fingerprint density at radius 3 is 2.76 bits per heavy atom. The second-order valence-electron chi connectivity index (χ2n) is 7.62. The maximum Gasteiger partial charge on any atom is 0.262 e. The van der Waals surface area contributed by atoms with Gasteiger partial charge in [0.1, 0.15) is 4.83 Å². The van der Waals surface area contributed by atoms with Gasteiger partial charge in [0.2, 0.25) is 5.91 Å². The number of hydrogen-bond acceptors (Lipinski definition) is 4. The molecule has 0 atom stereocenters. The van der Waals surface area contributed by atoms with Gasteiger partial charge in [-0.05, 0) is 54.8 Å². The molecule has 0 saturated heterocycles. The smallest absolute Gasteiger partial charge is 0.262 e. The third-order valence-corrected chi connectivity index (χ3v) is 7.00. The number of amides is 1. The molecule has 6 heteroatoms. The number of nitrogens with one attached hydrogen (secondary N) is 1. The van der Waals surface area contributed by atoms with Gasteiger partial charge in [-0.25, -0.2) is 4.98 Å². The molecule has 5 rings (SSSR count). The highest BCUT2D eigenvalue weighted by atomic mass is 32.1. The Hall–Kier alpha value is -2.99. The predicted molar refractivity (Wildman–Crippen MR) is 118 cm³/mol. The minimum Gasteiger partial charge on any atom is -0.325 e. The zero-order valence-corrected chi connectivity index (χ0v) is 17.2. The van der Waals surface area contributed by atoms with Crippen LogP contribution in [0.3, 0.4) is 0 Å². The van der Waals surface area contributed by atoms with Gasteiger partial charge in [0, 0.05) is 28.9 Å². The number of benzene rings is 2. The Kier molecular flexibility index (Phi) is 4.24. The first-order chi connectivity index (χ1) is 14.0. The molecule has 0 unspecified atom stereocenters. The number of hydrogen-bond donors (Lipinski definition) is 1. The van der Waals surface area contributed by atoms with Crippen molar-refractivity contribution in [2.45, 2.75) is 39.7 Å². The summed E-state index contributed by atoms with van der Waals surface area (Å²) in [7, 11) is 0. The first-order valence-electron chi connectivity index (χ1n) is 9.81. The summed E-state index contributed by atoms with van der Waals surface area (Å²) in [4.78, 5) is 31.7. The molecular formula is C23H21N3O2S. The van der Waals surface area contributed by atoms with Gasteiger partial charge in [-0.15, -0.1) is 11.3 Å². The van der Waals surface area contributed by atoms with E-state index in [-0.39, 0.29) is 17.9 Å². The number of rotatable bonds is 4. The molecule has 29 heavy (non-hydrogen) atoms. The van der Waals surface area contributed by atoms with Gasteiger partial charge in [0.15, 0.2) is 0 Å². The van der Waals surface area contributed by atoms with Gasteiger partial charge < -0.3 is 5.32 Å². The van der Waals surface area contributed by atoms with Gasteiger partial charge >= 0.3 is 0 Å². The van der Waals surface area contributed by atoms with Crippen molar-refractivity contribution in [2.75, 3.05) is 5.32 Å². The van der Waals surface area contributed by atoms with Crippen LogP contribution in [-0.4, -0.2) is 15.5 Å². The molecule has 0 aliphatic heterocycles. The number of carbonyl (C=O) groups is 1. The summed E-state index contributed by atoms with van der Waals surface area (Å²) < 4.78 is 1.54. The van der Waals surface area contributed by atoms with Crippen LogP contribution in [0, 0.1) is 13.8 Å². The van der Waals surface area contributed by atoms with Gasteiger partial charge in [-0.1, -0.05) is 24.3 Å². The Balaban J connectivity index is 1.37. The van der Waals surface area contributed by atoms with Crippen molar-refractivity contribution in [3.63, 3.8) is 0 Å². The summed E-state index contributed by atoms with van der Waals surface area (Å²) in [6.45, 7) is 4.25. The van der Waals surface area contributed by atoms with E-state index in [0.717, 1.165) is 39.2 Å². The summed E-state index contributed by atoms with van der Waals surface area (Å²) >= 11 is 1.53. The third-order valence-electron chi connectivity index (χ3n) is 5.89. The minimum absolute atomic E-state index is 0.0741. The van der Waals surface area contributed by atoms with E-state index in [9.17, 15) is 9.59 Å². The molecule has 1 N–H and O–H groups in total. The van der Waals surface area contributed by atoms with Crippen LogP contribution in [0.25, 0.3) is 21.0 Å². The molecule has 1 amide bonds. The fourth-order valence-corrected chi connectivity index (χ4v) is 5.21. The standard InChI is InChI=1S/C23H21N3O2S/c1-13-14(2)29-22-20(13)23(28)26(12-24-22)11-10-19(27)25-18-9-8-16-7-6-15-4-3-5-17(18)21(15)16/h3-5,8-9,12H,6-7,10-11H2,1-2H3,(H,25,27). The van der Waals surface area contributed by atoms with Crippen molar-refractivity contribution < 1.29 is 4.79 Å². The van der Waals surface area contributed by atoms with Crippen molar-refractivity contribution in [1.29, 1.82) is 0 Å². The van der Waals surface area contributed by atoms with E-state index in [2.05, 4.69) is 28.5 Å². The highest BCUT2D eigenvalue weighted by Gasteiger charge is 2.17. The van der Waals surface area contributed by atoms with Crippen molar-refractivity contribution >= 4 is 43.9 Å². The third kappa shape index (κ3) is 2.95. The highest BCUT2D eigenvalue weighted by Crippen LogP contribution is 2.35. The second kappa shape index (κ2) is 6.81. The Morgan fingerprint density at radius 1 is 1.14 bits per heavy atom. The lowest BCUT2D eigenvalue weighted by atomic mass is 10.0. The number of aromatic nitrogens is 2. The molecule has 5 nitrogen and oxygen atoms in total. The number of anilines is 1. The highest BCUT2D eigenvalue weighted by molar-refractivity contribution is 7.18. The average molecular weight is 404 g/mol. The quantitative estimate of drug-likeness (QED) is 0.551. The van der Waals surface area contributed by atoms with Gasteiger partial charge in [-0.3, -0.25) is 14.2 Å². The molecule has 4 aromatic rings. The SMILES string of the molecule is Cc1sc2ncn(CCC(=O)Nc3ccc4c5c(cccc35)CC4)c(=O)c2c1C. The summed E-state index contributed by atoms with van der Waals surface area (Å²) in [5, 5.41) is 6.08. The first-order valence-corrected chi connectivity index (χ1v) is 10.6. The zero-order valence-electron chi connectivity index (χ0n) is 16.4. The molecule has 0 saturated carbocycles. The van der Waals surface area contributed by atoms with Crippen LogP contribution in [0.1, 0.15) is 28.0 Å². The fraction of sp³-hybridized carbons (Fsp3) is 0.261.